The van der Waals surface area contributed by atoms with Gasteiger partial charge in [0.05, 0.1) is 27.4 Å². The minimum absolute atomic E-state index is 0.000123. The number of carbonyl (C=O) groups is 1. The first kappa shape index (κ1) is 20.7. The van der Waals surface area contributed by atoms with Gasteiger partial charge >= 0.3 is 0 Å². The molecule has 0 saturated heterocycles. The Kier molecular flexibility index (Phi) is 7.01. The summed E-state index contributed by atoms with van der Waals surface area (Å²) >= 11 is 11.9. The Labute approximate surface area is 165 Å². The van der Waals surface area contributed by atoms with Gasteiger partial charge in [0, 0.05) is 13.6 Å². The van der Waals surface area contributed by atoms with E-state index in [0.29, 0.717) is 33.8 Å². The Bertz CT molecular complexity index is 729. The molecule has 1 aromatic carbocycles. The fraction of sp³-hybridized carbons (Fsp3) is 0.450. The van der Waals surface area contributed by atoms with E-state index in [1.165, 1.54) is 0 Å². The maximum Gasteiger partial charge on any atom is 0.253 e. The van der Waals surface area contributed by atoms with Crippen LogP contribution in [0.5, 0.6) is 0 Å². The van der Waals surface area contributed by atoms with Gasteiger partial charge in [-0.25, -0.2) is 0 Å². The minimum atomic E-state index is -0.229. The molecule has 2 rings (SSSR count). The lowest BCUT2D eigenvalue weighted by atomic mass is 9.97. The molecule has 1 aliphatic rings. The van der Waals surface area contributed by atoms with Crippen molar-refractivity contribution in [2.45, 2.75) is 39.2 Å². The Morgan fingerprint density at radius 1 is 1.35 bits per heavy atom. The molecule has 0 bridgehead atoms. The molecular formula is C20H26Cl2N2O2. The number of aliphatic hydroxyl groups is 1. The van der Waals surface area contributed by atoms with E-state index in [9.17, 15) is 9.90 Å². The number of likely N-dealkylation sites (N-methyl/N-ethyl adjacent to an activating group) is 1. The summed E-state index contributed by atoms with van der Waals surface area (Å²) in [5, 5.41) is 14.3. The van der Waals surface area contributed by atoms with Crippen molar-refractivity contribution in [2.75, 3.05) is 13.6 Å². The Morgan fingerprint density at radius 2 is 2.04 bits per heavy atom. The molecule has 142 valence electrons. The fourth-order valence-corrected chi connectivity index (χ4v) is 3.45. The summed E-state index contributed by atoms with van der Waals surface area (Å²) in [6, 6.07) is 5.41. The molecule has 0 saturated carbocycles. The van der Waals surface area contributed by atoms with Crippen LogP contribution in [0.15, 0.2) is 41.8 Å². The topological polar surface area (TPSA) is 52.6 Å². The first-order chi connectivity index (χ1) is 12.2. The van der Waals surface area contributed by atoms with E-state index >= 15 is 0 Å². The minimum Gasteiger partial charge on any atom is -0.505 e. The number of benzene rings is 1. The zero-order valence-corrected chi connectivity index (χ0v) is 17.0. The maximum absolute atomic E-state index is 12.6. The van der Waals surface area contributed by atoms with Crippen molar-refractivity contribution in [1.29, 1.82) is 0 Å². The van der Waals surface area contributed by atoms with Gasteiger partial charge in [0.15, 0.2) is 0 Å². The summed E-state index contributed by atoms with van der Waals surface area (Å²) in [6.07, 6.45) is 2.33. The van der Waals surface area contributed by atoms with Gasteiger partial charge in [0.25, 0.3) is 5.91 Å². The normalized spacial score (nSPS) is 17.4. The molecular weight excluding hydrogens is 371 g/mol. The predicted octanol–water partition coefficient (Wildman–Crippen LogP) is 4.73. The molecule has 6 heteroatoms. The number of nitrogens with one attached hydrogen (secondary N) is 1. The predicted molar refractivity (Wildman–Crippen MR) is 108 cm³/mol. The van der Waals surface area contributed by atoms with Gasteiger partial charge in [0.1, 0.15) is 5.76 Å². The Hall–Kier alpha value is -1.65. The number of halogens is 2. The van der Waals surface area contributed by atoms with E-state index < -0.39 is 0 Å². The van der Waals surface area contributed by atoms with E-state index in [0.717, 1.165) is 24.8 Å². The number of carbonyl (C=O) groups excluding carboxylic acids is 1. The molecule has 1 aromatic rings. The smallest absolute Gasteiger partial charge is 0.253 e. The van der Waals surface area contributed by atoms with Crippen LogP contribution in [0.2, 0.25) is 10.0 Å². The van der Waals surface area contributed by atoms with Crippen molar-refractivity contribution in [3.8, 4) is 0 Å². The highest BCUT2D eigenvalue weighted by molar-refractivity contribution is 6.42. The molecule has 2 N–H and O–H groups in total. The molecule has 1 amide bonds. The lowest BCUT2D eigenvalue weighted by Crippen LogP contribution is -2.36. The van der Waals surface area contributed by atoms with Crippen molar-refractivity contribution >= 4 is 29.1 Å². The number of hydrogen-bond donors (Lipinski definition) is 2. The van der Waals surface area contributed by atoms with Crippen molar-refractivity contribution in [2.24, 2.45) is 5.92 Å². The third kappa shape index (κ3) is 4.74. The van der Waals surface area contributed by atoms with Gasteiger partial charge in [-0.3, -0.25) is 4.79 Å². The molecule has 26 heavy (non-hydrogen) atoms. The van der Waals surface area contributed by atoms with Crippen molar-refractivity contribution in [3.05, 3.63) is 57.4 Å². The van der Waals surface area contributed by atoms with Crippen LogP contribution in [0.25, 0.3) is 0 Å². The van der Waals surface area contributed by atoms with Gasteiger partial charge in [-0.2, -0.15) is 0 Å². The molecule has 4 nitrogen and oxygen atoms in total. The summed E-state index contributed by atoms with van der Waals surface area (Å²) in [4.78, 5) is 14.5. The molecule has 0 spiro atoms. The molecule has 1 unspecified atom stereocenters. The SMILES string of the molecule is C=C1C(O)=C(C(=O)NCCCc2ccc(Cl)c(Cl)c2)C(CC(C)C)N1C. The first-order valence-corrected chi connectivity index (χ1v) is 9.55. The first-order valence-electron chi connectivity index (χ1n) is 8.79. The van der Waals surface area contributed by atoms with E-state index in [1.54, 1.807) is 6.07 Å². The monoisotopic (exact) mass is 396 g/mol. The number of rotatable bonds is 7. The zero-order valence-electron chi connectivity index (χ0n) is 15.5. The molecule has 1 atom stereocenters. The molecule has 0 fully saturated rings. The third-order valence-electron chi connectivity index (χ3n) is 4.61. The molecule has 0 aliphatic carbocycles. The molecule has 0 radical (unpaired) electrons. The van der Waals surface area contributed by atoms with Crippen LogP contribution in [-0.2, 0) is 11.2 Å². The summed E-state index contributed by atoms with van der Waals surface area (Å²) in [5.41, 5.74) is 1.99. The van der Waals surface area contributed by atoms with Crippen LogP contribution < -0.4 is 5.32 Å². The number of amides is 1. The lowest BCUT2D eigenvalue weighted by Gasteiger charge is -2.25. The lowest BCUT2D eigenvalue weighted by molar-refractivity contribution is -0.118. The number of nitrogens with zero attached hydrogens (tertiary/aromatic N) is 1. The second-order valence-electron chi connectivity index (χ2n) is 7.07. The van der Waals surface area contributed by atoms with Crippen molar-refractivity contribution in [1.82, 2.24) is 10.2 Å². The Morgan fingerprint density at radius 3 is 2.65 bits per heavy atom. The fourth-order valence-electron chi connectivity index (χ4n) is 3.13. The van der Waals surface area contributed by atoms with Crippen LogP contribution in [0.1, 0.15) is 32.3 Å². The van der Waals surface area contributed by atoms with Gasteiger partial charge in [-0.15, -0.1) is 0 Å². The van der Waals surface area contributed by atoms with Gasteiger partial charge < -0.3 is 15.3 Å². The van der Waals surface area contributed by atoms with E-state index in [1.807, 2.05) is 24.1 Å². The summed E-state index contributed by atoms with van der Waals surface area (Å²) in [6.45, 7) is 8.58. The van der Waals surface area contributed by atoms with Crippen molar-refractivity contribution in [3.63, 3.8) is 0 Å². The summed E-state index contributed by atoms with van der Waals surface area (Å²) < 4.78 is 0. The molecule has 0 aromatic heterocycles. The second kappa shape index (κ2) is 8.83. The third-order valence-corrected chi connectivity index (χ3v) is 5.35. The summed E-state index contributed by atoms with van der Waals surface area (Å²) in [5.74, 6) is 0.173. The van der Waals surface area contributed by atoms with Crippen molar-refractivity contribution < 1.29 is 9.90 Å². The number of aliphatic hydroxyl groups excluding tert-OH is 1. The standard InChI is InChI=1S/C20H26Cl2N2O2/c1-12(2)10-17-18(19(25)13(3)24(17)4)20(26)23-9-5-6-14-7-8-15(21)16(22)11-14/h7-8,11-12,17,25H,3,5-6,9-10H2,1-2,4H3,(H,23,26). The van der Waals surface area contributed by atoms with Crippen LogP contribution in [0.4, 0.5) is 0 Å². The zero-order chi connectivity index (χ0) is 19.4. The largest absolute Gasteiger partial charge is 0.505 e. The van der Waals surface area contributed by atoms with E-state index in [4.69, 9.17) is 23.2 Å². The highest BCUT2D eigenvalue weighted by Crippen LogP contribution is 2.33. The highest BCUT2D eigenvalue weighted by atomic mass is 35.5. The average Bonchev–Trinajstić information content (AvgIpc) is 2.78. The van der Waals surface area contributed by atoms with Crippen LogP contribution in [-0.4, -0.2) is 35.5 Å². The molecule has 1 heterocycles. The highest BCUT2D eigenvalue weighted by Gasteiger charge is 2.37. The van der Waals surface area contributed by atoms with Gasteiger partial charge in [-0.05, 0) is 42.9 Å². The van der Waals surface area contributed by atoms with E-state index in [-0.39, 0.29) is 17.7 Å². The summed E-state index contributed by atoms with van der Waals surface area (Å²) in [7, 11) is 1.86. The number of hydrogen-bond acceptors (Lipinski definition) is 3. The number of aryl methyl sites for hydroxylation is 1. The van der Waals surface area contributed by atoms with Crippen LogP contribution in [0.3, 0.4) is 0 Å². The quantitative estimate of drug-likeness (QED) is 0.655. The maximum atomic E-state index is 12.6. The van der Waals surface area contributed by atoms with Gasteiger partial charge in [0.2, 0.25) is 0 Å². The van der Waals surface area contributed by atoms with Crippen LogP contribution in [0, 0.1) is 5.92 Å². The van der Waals surface area contributed by atoms with Gasteiger partial charge in [-0.1, -0.05) is 49.7 Å². The van der Waals surface area contributed by atoms with Crippen LogP contribution >= 0.6 is 23.2 Å². The Balaban J connectivity index is 1.93. The average molecular weight is 397 g/mol. The van der Waals surface area contributed by atoms with E-state index in [2.05, 4.69) is 25.7 Å². The second-order valence-corrected chi connectivity index (χ2v) is 7.89. The molecule has 1 aliphatic heterocycles.